The lowest BCUT2D eigenvalue weighted by Gasteiger charge is -2.29. The SMILES string of the molecule is Cc1cc(C)nc(-n2nc(C)cc2NC(=O)CN[C@H]2CCCC[C@H]2C(N)=O)n1. The van der Waals surface area contributed by atoms with E-state index in [1.165, 1.54) is 4.68 Å². The number of hydrogen-bond donors (Lipinski definition) is 3. The second kappa shape index (κ2) is 8.47. The average molecular weight is 385 g/mol. The number of anilines is 1. The second-order valence-corrected chi connectivity index (χ2v) is 7.36. The summed E-state index contributed by atoms with van der Waals surface area (Å²) in [4.78, 5) is 32.9. The monoisotopic (exact) mass is 385 g/mol. The molecule has 2 heterocycles. The van der Waals surface area contributed by atoms with Gasteiger partial charge in [0.25, 0.3) is 5.95 Å². The van der Waals surface area contributed by atoms with Crippen LogP contribution in [-0.2, 0) is 9.59 Å². The standard InChI is InChI=1S/C19H27N7O2/c1-11-8-12(2)23-19(22-11)26-16(9-13(3)25-26)24-17(27)10-21-15-7-5-4-6-14(15)18(20)28/h8-9,14-15,21H,4-7,10H2,1-3H3,(H2,20,28)(H,24,27)/t14-,15+/m1/s1. The number of primary amides is 1. The molecule has 1 saturated carbocycles. The zero-order valence-corrected chi connectivity index (χ0v) is 16.5. The highest BCUT2D eigenvalue weighted by atomic mass is 16.2. The van der Waals surface area contributed by atoms with Gasteiger partial charge < -0.3 is 16.4 Å². The van der Waals surface area contributed by atoms with E-state index in [-0.39, 0.29) is 30.3 Å². The first kappa shape index (κ1) is 19.9. The lowest BCUT2D eigenvalue weighted by Crippen LogP contribution is -2.47. The number of nitrogens with one attached hydrogen (secondary N) is 2. The third kappa shape index (κ3) is 4.72. The largest absolute Gasteiger partial charge is 0.369 e. The molecule has 2 amide bonds. The highest BCUT2D eigenvalue weighted by Gasteiger charge is 2.29. The third-order valence-electron chi connectivity index (χ3n) is 4.92. The van der Waals surface area contributed by atoms with Crippen molar-refractivity contribution < 1.29 is 9.59 Å². The number of amides is 2. The van der Waals surface area contributed by atoms with Crippen molar-refractivity contribution in [1.29, 1.82) is 0 Å². The molecule has 2 atom stereocenters. The first-order valence-corrected chi connectivity index (χ1v) is 9.55. The summed E-state index contributed by atoms with van der Waals surface area (Å²) in [5, 5.41) is 10.4. The van der Waals surface area contributed by atoms with Crippen LogP contribution in [0.4, 0.5) is 5.82 Å². The van der Waals surface area contributed by atoms with Crippen LogP contribution in [-0.4, -0.2) is 44.1 Å². The Hall–Kier alpha value is -2.81. The Bertz CT molecular complexity index is 857. The zero-order valence-electron chi connectivity index (χ0n) is 16.5. The van der Waals surface area contributed by atoms with E-state index in [0.29, 0.717) is 11.8 Å². The molecule has 4 N–H and O–H groups in total. The minimum atomic E-state index is -0.307. The molecule has 2 aromatic rings. The smallest absolute Gasteiger partial charge is 0.252 e. The van der Waals surface area contributed by atoms with Crippen LogP contribution in [0, 0.1) is 26.7 Å². The van der Waals surface area contributed by atoms with Crippen LogP contribution in [0.2, 0.25) is 0 Å². The molecule has 0 spiro atoms. The van der Waals surface area contributed by atoms with E-state index in [9.17, 15) is 9.59 Å². The van der Waals surface area contributed by atoms with Crippen molar-refractivity contribution in [3.05, 3.63) is 29.2 Å². The van der Waals surface area contributed by atoms with E-state index in [1.807, 2.05) is 26.8 Å². The van der Waals surface area contributed by atoms with Crippen LogP contribution >= 0.6 is 0 Å². The lowest BCUT2D eigenvalue weighted by atomic mass is 9.84. The quantitative estimate of drug-likeness (QED) is 0.685. The predicted octanol–water partition coefficient (Wildman–Crippen LogP) is 1.16. The summed E-state index contributed by atoms with van der Waals surface area (Å²) in [5.74, 6) is 0.162. The number of rotatable bonds is 6. The van der Waals surface area contributed by atoms with Crippen molar-refractivity contribution in [3.8, 4) is 5.95 Å². The molecule has 0 unspecified atom stereocenters. The van der Waals surface area contributed by atoms with E-state index >= 15 is 0 Å². The van der Waals surface area contributed by atoms with E-state index in [2.05, 4.69) is 25.7 Å². The van der Waals surface area contributed by atoms with Crippen molar-refractivity contribution in [2.45, 2.75) is 52.5 Å². The van der Waals surface area contributed by atoms with E-state index in [1.54, 1.807) is 6.07 Å². The summed E-state index contributed by atoms with van der Waals surface area (Å²) in [5.41, 5.74) is 7.88. The van der Waals surface area contributed by atoms with Gasteiger partial charge >= 0.3 is 0 Å². The maximum Gasteiger partial charge on any atom is 0.252 e. The van der Waals surface area contributed by atoms with Crippen molar-refractivity contribution >= 4 is 17.6 Å². The van der Waals surface area contributed by atoms with Gasteiger partial charge in [0.2, 0.25) is 11.8 Å². The Morgan fingerprint density at radius 2 is 1.79 bits per heavy atom. The zero-order chi connectivity index (χ0) is 20.3. The van der Waals surface area contributed by atoms with Gasteiger partial charge in [0.1, 0.15) is 5.82 Å². The molecule has 0 radical (unpaired) electrons. The molecule has 0 saturated heterocycles. The van der Waals surface area contributed by atoms with Crippen LogP contribution in [0.5, 0.6) is 0 Å². The molecule has 0 aliphatic heterocycles. The van der Waals surface area contributed by atoms with Gasteiger partial charge in [-0.3, -0.25) is 9.59 Å². The Labute approximate surface area is 164 Å². The van der Waals surface area contributed by atoms with Crippen LogP contribution in [0.3, 0.4) is 0 Å². The van der Waals surface area contributed by atoms with Crippen LogP contribution in [0.25, 0.3) is 5.95 Å². The first-order chi connectivity index (χ1) is 13.3. The Morgan fingerprint density at radius 1 is 1.11 bits per heavy atom. The molecule has 1 aliphatic carbocycles. The topological polar surface area (TPSA) is 128 Å². The molecular weight excluding hydrogens is 358 g/mol. The number of hydrogen-bond acceptors (Lipinski definition) is 6. The molecule has 9 heteroatoms. The normalized spacial score (nSPS) is 19.4. The summed E-state index contributed by atoms with van der Waals surface area (Å²) in [6, 6.07) is 3.58. The van der Waals surface area contributed by atoms with Gasteiger partial charge in [-0.15, -0.1) is 0 Å². The molecule has 3 rings (SSSR count). The third-order valence-corrected chi connectivity index (χ3v) is 4.92. The molecule has 1 fully saturated rings. The van der Waals surface area contributed by atoms with Crippen LogP contribution < -0.4 is 16.4 Å². The van der Waals surface area contributed by atoms with Crippen molar-refractivity contribution in [2.75, 3.05) is 11.9 Å². The summed E-state index contributed by atoms with van der Waals surface area (Å²) in [7, 11) is 0. The fourth-order valence-corrected chi connectivity index (χ4v) is 3.67. The summed E-state index contributed by atoms with van der Waals surface area (Å²) >= 11 is 0. The van der Waals surface area contributed by atoms with E-state index in [0.717, 1.165) is 42.8 Å². The number of aryl methyl sites for hydroxylation is 3. The molecule has 0 bridgehead atoms. The van der Waals surface area contributed by atoms with Gasteiger partial charge in [0, 0.05) is 23.5 Å². The van der Waals surface area contributed by atoms with Crippen molar-refractivity contribution in [3.63, 3.8) is 0 Å². The highest BCUT2D eigenvalue weighted by Crippen LogP contribution is 2.24. The maximum absolute atomic E-state index is 12.5. The summed E-state index contributed by atoms with van der Waals surface area (Å²) in [6.07, 6.45) is 3.63. The second-order valence-electron chi connectivity index (χ2n) is 7.36. The highest BCUT2D eigenvalue weighted by molar-refractivity contribution is 5.91. The van der Waals surface area contributed by atoms with Gasteiger partial charge in [0.15, 0.2) is 0 Å². The summed E-state index contributed by atoms with van der Waals surface area (Å²) in [6.45, 7) is 5.70. The predicted molar refractivity (Wildman–Crippen MR) is 105 cm³/mol. The Balaban J connectivity index is 1.68. The Kier molecular flexibility index (Phi) is 6.03. The molecule has 1 aliphatic rings. The molecule has 2 aromatic heterocycles. The van der Waals surface area contributed by atoms with Gasteiger partial charge in [-0.05, 0) is 39.7 Å². The number of carbonyl (C=O) groups excluding carboxylic acids is 2. The fourth-order valence-electron chi connectivity index (χ4n) is 3.67. The molecule has 28 heavy (non-hydrogen) atoms. The van der Waals surface area contributed by atoms with Crippen LogP contribution in [0.1, 0.15) is 42.8 Å². The molecule has 0 aromatic carbocycles. The lowest BCUT2D eigenvalue weighted by molar-refractivity contribution is -0.124. The number of nitrogens with zero attached hydrogens (tertiary/aromatic N) is 4. The maximum atomic E-state index is 12.5. The fraction of sp³-hybridized carbons (Fsp3) is 0.526. The number of carbonyl (C=O) groups is 2. The van der Waals surface area contributed by atoms with Gasteiger partial charge in [-0.2, -0.15) is 9.78 Å². The van der Waals surface area contributed by atoms with E-state index < -0.39 is 0 Å². The summed E-state index contributed by atoms with van der Waals surface area (Å²) < 4.78 is 1.53. The number of nitrogens with two attached hydrogens (primary N) is 1. The Morgan fingerprint density at radius 3 is 2.46 bits per heavy atom. The van der Waals surface area contributed by atoms with Crippen molar-refractivity contribution in [1.82, 2.24) is 25.1 Å². The molecule has 150 valence electrons. The first-order valence-electron chi connectivity index (χ1n) is 9.55. The minimum Gasteiger partial charge on any atom is -0.369 e. The van der Waals surface area contributed by atoms with Crippen molar-refractivity contribution in [2.24, 2.45) is 11.7 Å². The minimum absolute atomic E-state index is 0.0635. The molecular formula is C19H27N7O2. The van der Waals surface area contributed by atoms with E-state index in [4.69, 9.17) is 5.73 Å². The average Bonchev–Trinajstić information content (AvgIpc) is 2.99. The van der Waals surface area contributed by atoms with Gasteiger partial charge in [0.05, 0.1) is 18.2 Å². The molecule has 9 nitrogen and oxygen atoms in total. The number of aromatic nitrogens is 4. The van der Waals surface area contributed by atoms with Gasteiger partial charge in [-0.25, -0.2) is 9.97 Å². The van der Waals surface area contributed by atoms with Gasteiger partial charge in [-0.1, -0.05) is 12.8 Å². The van der Waals surface area contributed by atoms with Crippen LogP contribution in [0.15, 0.2) is 12.1 Å².